The molecule has 1 amide bonds. The lowest BCUT2D eigenvalue weighted by atomic mass is 10.1. The number of morpholine rings is 1. The van der Waals surface area contributed by atoms with Crippen molar-refractivity contribution in [1.82, 2.24) is 19.8 Å². The van der Waals surface area contributed by atoms with Crippen LogP contribution in [-0.2, 0) is 11.2 Å². The summed E-state index contributed by atoms with van der Waals surface area (Å²) in [5.41, 5.74) is -1.32. The molecule has 6 rings (SSSR count). The summed E-state index contributed by atoms with van der Waals surface area (Å²) in [6.07, 6.45) is 2.16. The highest BCUT2D eigenvalue weighted by molar-refractivity contribution is 7.14. The molecule has 0 aliphatic carbocycles. The number of aromatic hydroxyl groups is 1. The van der Waals surface area contributed by atoms with Crippen molar-refractivity contribution in [2.45, 2.75) is 44.6 Å². The number of ether oxygens (including phenoxy) is 1. The molecule has 0 radical (unpaired) electrons. The lowest BCUT2D eigenvalue weighted by Crippen LogP contribution is -2.68. The molecule has 0 saturated carbocycles. The Kier molecular flexibility index (Phi) is 5.30. The molecule has 3 atom stereocenters. The highest BCUT2D eigenvalue weighted by Gasteiger charge is 2.50. The summed E-state index contributed by atoms with van der Waals surface area (Å²) in [6, 6.07) is 1.16. The second kappa shape index (κ2) is 8.30. The molecule has 0 unspecified atom stereocenters. The minimum absolute atomic E-state index is 0.00427. The Bertz CT molecular complexity index is 1440. The number of fused-ring (bicyclic) bond motifs is 6. The monoisotopic (exact) mass is 519 g/mol. The van der Waals surface area contributed by atoms with Gasteiger partial charge < -0.3 is 14.7 Å². The van der Waals surface area contributed by atoms with Crippen LogP contribution < -0.4 is 10.4 Å². The van der Waals surface area contributed by atoms with Crippen molar-refractivity contribution >= 4 is 17.2 Å². The van der Waals surface area contributed by atoms with E-state index in [0.717, 1.165) is 24.2 Å². The van der Waals surface area contributed by atoms with E-state index in [1.807, 2.05) is 11.9 Å². The van der Waals surface area contributed by atoms with E-state index >= 15 is 0 Å². The summed E-state index contributed by atoms with van der Waals surface area (Å²) in [6.45, 7) is 2.66. The Balaban J connectivity index is 1.42. The van der Waals surface area contributed by atoms with Gasteiger partial charge in [-0.3, -0.25) is 19.3 Å². The molecular weight excluding hydrogens is 499 g/mol. The van der Waals surface area contributed by atoms with Gasteiger partial charge in [0.15, 0.2) is 16.5 Å². The first-order valence-corrected chi connectivity index (χ1v) is 12.3. The molecule has 188 valence electrons. The number of hydrogen-bond donors (Lipinski definition) is 1. The summed E-state index contributed by atoms with van der Waals surface area (Å²) in [7, 11) is 0. The van der Waals surface area contributed by atoms with Crippen LogP contribution in [0.15, 0.2) is 23.1 Å². The fraction of sp³-hybridized carbons (Fsp3) is 0.391. The number of aromatic nitrogens is 3. The molecule has 5 heterocycles. The molecule has 2 fully saturated rings. The summed E-state index contributed by atoms with van der Waals surface area (Å²) in [4.78, 5) is 28.0. The normalized spacial score (nSPS) is 22.7. The van der Waals surface area contributed by atoms with Crippen LogP contribution in [0.25, 0.3) is 10.6 Å². The topological polar surface area (TPSA) is 101 Å². The maximum Gasteiger partial charge on any atom is 0.278 e. The second-order valence-corrected chi connectivity index (χ2v) is 10.0. The van der Waals surface area contributed by atoms with Crippen LogP contribution in [0, 0.1) is 17.5 Å². The van der Waals surface area contributed by atoms with Gasteiger partial charge in [0.25, 0.3) is 5.91 Å². The van der Waals surface area contributed by atoms with Crippen molar-refractivity contribution in [1.29, 1.82) is 0 Å². The van der Waals surface area contributed by atoms with Gasteiger partial charge in [0.05, 0.1) is 24.3 Å². The van der Waals surface area contributed by atoms with E-state index in [-0.39, 0.29) is 45.5 Å². The van der Waals surface area contributed by atoms with Gasteiger partial charge in [-0.1, -0.05) is 11.3 Å². The number of rotatable bonds is 4. The van der Waals surface area contributed by atoms with Crippen molar-refractivity contribution < 1.29 is 27.8 Å². The molecule has 13 heteroatoms. The Labute approximate surface area is 206 Å². The van der Waals surface area contributed by atoms with E-state index in [9.17, 15) is 27.9 Å². The molecule has 3 aliphatic heterocycles. The number of likely N-dealkylation sites (N-methyl/N-ethyl adjacent to an activating group) is 1. The van der Waals surface area contributed by atoms with Gasteiger partial charge in [0.2, 0.25) is 5.43 Å². The van der Waals surface area contributed by atoms with Crippen LogP contribution >= 0.6 is 11.3 Å². The van der Waals surface area contributed by atoms with E-state index in [4.69, 9.17) is 4.74 Å². The van der Waals surface area contributed by atoms with Crippen LogP contribution in [0.5, 0.6) is 5.75 Å². The molecule has 2 bridgehead atoms. The minimum atomic E-state index is -1.05. The molecule has 3 aliphatic rings. The van der Waals surface area contributed by atoms with E-state index < -0.39 is 40.7 Å². The number of amides is 1. The van der Waals surface area contributed by atoms with Crippen molar-refractivity contribution in [2.24, 2.45) is 0 Å². The van der Waals surface area contributed by atoms with Crippen LogP contribution in [0.4, 0.5) is 13.2 Å². The Morgan fingerprint density at radius 1 is 1.17 bits per heavy atom. The van der Waals surface area contributed by atoms with Crippen LogP contribution in [0.1, 0.15) is 40.8 Å². The minimum Gasteiger partial charge on any atom is -0.502 e. The predicted octanol–water partition coefficient (Wildman–Crippen LogP) is 2.38. The standard InChI is InChI=1S/C23H20F3N5O4S/c1-2-29-22-16-4-3-11(35-16)8-31(22)30-9-13(19(32)20(33)18(30)23(29)34)21-28-27-17(36-21)7-12-14(25)5-10(24)6-15(12)26/h5-6,9,11,16,22,33H,2-4,7-8H2,1H3/t11-,16+,22-/m0/s1. The van der Waals surface area contributed by atoms with Crippen LogP contribution in [-0.4, -0.2) is 62.3 Å². The number of nitrogens with zero attached hydrogens (tertiary/aromatic N) is 5. The maximum absolute atomic E-state index is 14.1. The molecule has 2 aromatic heterocycles. The average molecular weight is 520 g/mol. The van der Waals surface area contributed by atoms with Gasteiger partial charge in [-0.2, -0.15) is 0 Å². The molecule has 2 saturated heterocycles. The lowest BCUT2D eigenvalue weighted by molar-refractivity contribution is -0.0523. The third-order valence-corrected chi connectivity index (χ3v) is 7.82. The van der Waals surface area contributed by atoms with E-state index in [1.165, 1.54) is 10.9 Å². The van der Waals surface area contributed by atoms with E-state index in [0.29, 0.717) is 25.2 Å². The highest BCUT2D eigenvalue weighted by Crippen LogP contribution is 2.37. The summed E-state index contributed by atoms with van der Waals surface area (Å²) in [5.74, 6) is -4.32. The van der Waals surface area contributed by atoms with Gasteiger partial charge in [-0.25, -0.2) is 13.2 Å². The van der Waals surface area contributed by atoms with Crippen molar-refractivity contribution in [3.8, 4) is 16.3 Å². The Morgan fingerprint density at radius 2 is 1.92 bits per heavy atom. The Hall–Kier alpha value is -3.45. The third-order valence-electron chi connectivity index (χ3n) is 6.86. The smallest absolute Gasteiger partial charge is 0.278 e. The van der Waals surface area contributed by atoms with Crippen molar-refractivity contribution in [3.63, 3.8) is 0 Å². The van der Waals surface area contributed by atoms with Crippen LogP contribution in [0.3, 0.4) is 0 Å². The largest absolute Gasteiger partial charge is 0.502 e. The quantitative estimate of drug-likeness (QED) is 0.565. The van der Waals surface area contributed by atoms with Gasteiger partial charge in [0, 0.05) is 36.9 Å². The maximum atomic E-state index is 14.1. The Morgan fingerprint density at radius 3 is 2.64 bits per heavy atom. The third kappa shape index (κ3) is 3.40. The summed E-state index contributed by atoms with van der Waals surface area (Å²) in [5, 5.41) is 21.0. The molecule has 3 aromatic rings. The fourth-order valence-corrected chi connectivity index (χ4v) is 6.09. The summed E-state index contributed by atoms with van der Waals surface area (Å²) < 4.78 is 49.0. The van der Waals surface area contributed by atoms with Crippen molar-refractivity contribution in [3.05, 3.63) is 62.3 Å². The lowest BCUT2D eigenvalue weighted by Gasteiger charge is -2.51. The van der Waals surface area contributed by atoms with Gasteiger partial charge in [-0.05, 0) is 19.8 Å². The van der Waals surface area contributed by atoms with E-state index in [2.05, 4.69) is 10.2 Å². The molecule has 9 nitrogen and oxygen atoms in total. The molecular formula is C23H20F3N5O4S. The van der Waals surface area contributed by atoms with Crippen molar-refractivity contribution in [2.75, 3.05) is 18.1 Å². The zero-order chi connectivity index (χ0) is 25.3. The zero-order valence-corrected chi connectivity index (χ0v) is 19.8. The average Bonchev–Trinajstić information content (AvgIpc) is 3.46. The van der Waals surface area contributed by atoms with Crippen LogP contribution in [0.2, 0.25) is 0 Å². The first kappa shape index (κ1) is 23.0. The molecule has 1 N–H and O–H groups in total. The summed E-state index contributed by atoms with van der Waals surface area (Å²) >= 11 is 0.912. The van der Waals surface area contributed by atoms with Gasteiger partial charge in [0.1, 0.15) is 28.6 Å². The number of pyridine rings is 1. The van der Waals surface area contributed by atoms with Gasteiger partial charge in [-0.15, -0.1) is 10.2 Å². The number of benzene rings is 1. The van der Waals surface area contributed by atoms with E-state index in [1.54, 1.807) is 4.90 Å². The SMILES string of the molecule is CCN1C(=O)c2c(O)c(=O)c(-c3nnc(Cc4c(F)cc(F)cc4F)s3)cn2N2C[C@@H]3CC[C@@H](O3)[C@@H]12. The first-order valence-electron chi connectivity index (χ1n) is 11.4. The molecule has 36 heavy (non-hydrogen) atoms. The molecule has 1 aromatic carbocycles. The number of carbonyl (C=O) groups is 1. The van der Waals surface area contributed by atoms with Gasteiger partial charge >= 0.3 is 0 Å². The number of hydrogen-bond acceptors (Lipinski definition) is 8. The fourth-order valence-electron chi connectivity index (χ4n) is 5.23. The predicted molar refractivity (Wildman–Crippen MR) is 122 cm³/mol. The number of carbonyl (C=O) groups excluding carboxylic acids is 1. The number of halogens is 3. The zero-order valence-electron chi connectivity index (χ0n) is 18.9. The highest BCUT2D eigenvalue weighted by atomic mass is 32.1. The molecule has 0 spiro atoms. The first-order chi connectivity index (χ1) is 17.3. The second-order valence-electron chi connectivity index (χ2n) is 8.94.